The lowest BCUT2D eigenvalue weighted by Gasteiger charge is -2.23. The molecule has 23 heavy (non-hydrogen) atoms. The smallest absolute Gasteiger partial charge is 0.257 e. The number of aromatic nitrogens is 1. The Morgan fingerprint density at radius 2 is 1.87 bits per heavy atom. The van der Waals surface area contributed by atoms with Crippen LogP contribution in [-0.4, -0.2) is 24.0 Å². The van der Waals surface area contributed by atoms with E-state index in [1.165, 1.54) is 0 Å². The van der Waals surface area contributed by atoms with Gasteiger partial charge in [0.25, 0.3) is 5.91 Å². The van der Waals surface area contributed by atoms with Crippen LogP contribution in [0, 0.1) is 0 Å². The Bertz CT molecular complexity index is 654. The molecule has 1 N–H and O–H groups in total. The Balaban J connectivity index is 2.18. The van der Waals surface area contributed by atoms with E-state index in [9.17, 15) is 4.79 Å². The molecule has 2 rings (SSSR count). The third-order valence-corrected chi connectivity index (χ3v) is 3.79. The summed E-state index contributed by atoms with van der Waals surface area (Å²) in [5.41, 5.74) is 2.10. The summed E-state index contributed by atoms with van der Waals surface area (Å²) in [6.45, 7) is 6.18. The molecular weight excluding hydrogens is 310 g/mol. The molecular formula is C18H22ClN3O. The highest BCUT2D eigenvalue weighted by atomic mass is 35.5. The first-order valence-electron chi connectivity index (χ1n) is 7.91. The molecule has 0 unspecified atom stereocenters. The predicted molar refractivity (Wildman–Crippen MR) is 96.4 cm³/mol. The van der Waals surface area contributed by atoms with Crippen molar-refractivity contribution < 1.29 is 4.79 Å². The predicted octanol–water partition coefficient (Wildman–Crippen LogP) is 4.61. The van der Waals surface area contributed by atoms with Crippen LogP contribution in [0.2, 0.25) is 5.02 Å². The summed E-state index contributed by atoms with van der Waals surface area (Å²) < 4.78 is 0. The van der Waals surface area contributed by atoms with Crippen molar-refractivity contribution in [1.29, 1.82) is 0 Å². The molecule has 0 bridgehead atoms. The summed E-state index contributed by atoms with van der Waals surface area (Å²) in [4.78, 5) is 18.9. The molecule has 1 aromatic heterocycles. The van der Waals surface area contributed by atoms with Gasteiger partial charge in [-0.3, -0.25) is 9.78 Å². The third-order valence-electron chi connectivity index (χ3n) is 3.46. The van der Waals surface area contributed by atoms with Gasteiger partial charge >= 0.3 is 0 Å². The number of carbonyl (C=O) groups excluding carboxylic acids is 1. The number of para-hydroxylation sites is 1. The summed E-state index contributed by atoms with van der Waals surface area (Å²) >= 11 is 6.08. The van der Waals surface area contributed by atoms with Crippen molar-refractivity contribution in [3.05, 3.63) is 53.3 Å². The van der Waals surface area contributed by atoms with Gasteiger partial charge < -0.3 is 10.2 Å². The second kappa shape index (κ2) is 8.53. The fourth-order valence-electron chi connectivity index (χ4n) is 2.39. The monoisotopic (exact) mass is 331 g/mol. The van der Waals surface area contributed by atoms with Crippen LogP contribution in [0.15, 0.2) is 42.7 Å². The van der Waals surface area contributed by atoms with E-state index in [0.717, 1.165) is 31.6 Å². The van der Waals surface area contributed by atoms with Crippen molar-refractivity contribution in [2.45, 2.75) is 26.7 Å². The zero-order valence-electron chi connectivity index (χ0n) is 13.6. The van der Waals surface area contributed by atoms with Gasteiger partial charge in [0.2, 0.25) is 0 Å². The maximum atomic E-state index is 12.4. The Morgan fingerprint density at radius 3 is 2.52 bits per heavy atom. The SMILES string of the molecule is CCCN(CCC)c1cncc(C(=O)Nc2ccccc2Cl)c1. The normalized spacial score (nSPS) is 10.4. The van der Waals surface area contributed by atoms with Gasteiger partial charge in [0.05, 0.1) is 28.2 Å². The second-order valence-corrected chi connectivity index (χ2v) is 5.76. The van der Waals surface area contributed by atoms with Crippen LogP contribution in [-0.2, 0) is 0 Å². The van der Waals surface area contributed by atoms with Crippen LogP contribution in [0.3, 0.4) is 0 Å². The van der Waals surface area contributed by atoms with Crippen molar-refractivity contribution >= 4 is 28.9 Å². The molecule has 4 nitrogen and oxygen atoms in total. The van der Waals surface area contributed by atoms with Gasteiger partial charge in [-0.25, -0.2) is 0 Å². The lowest BCUT2D eigenvalue weighted by atomic mass is 10.2. The quantitative estimate of drug-likeness (QED) is 0.805. The van der Waals surface area contributed by atoms with Crippen molar-refractivity contribution in [2.75, 3.05) is 23.3 Å². The summed E-state index contributed by atoms with van der Waals surface area (Å²) in [5.74, 6) is -0.208. The minimum absolute atomic E-state index is 0.208. The van der Waals surface area contributed by atoms with Crippen LogP contribution < -0.4 is 10.2 Å². The number of pyridine rings is 1. The van der Waals surface area contributed by atoms with Gasteiger partial charge in [-0.15, -0.1) is 0 Å². The molecule has 0 saturated carbocycles. The molecule has 5 heteroatoms. The van der Waals surface area contributed by atoms with Gasteiger partial charge in [0.1, 0.15) is 0 Å². The lowest BCUT2D eigenvalue weighted by molar-refractivity contribution is 0.102. The molecule has 1 heterocycles. The first-order valence-corrected chi connectivity index (χ1v) is 8.29. The first-order chi connectivity index (χ1) is 11.2. The number of carbonyl (C=O) groups is 1. The number of hydrogen-bond acceptors (Lipinski definition) is 3. The number of benzene rings is 1. The number of anilines is 2. The zero-order valence-corrected chi connectivity index (χ0v) is 14.3. The molecule has 1 aromatic carbocycles. The maximum absolute atomic E-state index is 12.4. The van der Waals surface area contributed by atoms with Crippen LogP contribution in [0.25, 0.3) is 0 Å². The summed E-state index contributed by atoms with van der Waals surface area (Å²) in [5, 5.41) is 3.34. The molecule has 2 aromatic rings. The van der Waals surface area contributed by atoms with E-state index in [2.05, 4.69) is 29.0 Å². The Labute approximate surface area is 142 Å². The highest BCUT2D eigenvalue weighted by molar-refractivity contribution is 6.33. The first kappa shape index (κ1) is 17.3. The summed E-state index contributed by atoms with van der Waals surface area (Å²) in [7, 11) is 0. The van der Waals surface area contributed by atoms with E-state index in [-0.39, 0.29) is 5.91 Å². The molecule has 0 aliphatic heterocycles. The van der Waals surface area contributed by atoms with Gasteiger partial charge in [-0.2, -0.15) is 0 Å². The summed E-state index contributed by atoms with van der Waals surface area (Å²) in [6, 6.07) is 9.06. The van der Waals surface area contributed by atoms with Gasteiger partial charge in [-0.05, 0) is 31.0 Å². The minimum Gasteiger partial charge on any atom is -0.370 e. The van der Waals surface area contributed by atoms with E-state index in [1.54, 1.807) is 24.5 Å². The highest BCUT2D eigenvalue weighted by Gasteiger charge is 2.12. The van der Waals surface area contributed by atoms with E-state index in [0.29, 0.717) is 16.3 Å². The number of halogens is 1. The Hall–Kier alpha value is -2.07. The molecule has 0 aliphatic carbocycles. The fraction of sp³-hybridized carbons (Fsp3) is 0.333. The molecule has 0 spiro atoms. The number of hydrogen-bond donors (Lipinski definition) is 1. The Kier molecular flexibility index (Phi) is 6.41. The molecule has 0 radical (unpaired) electrons. The van der Waals surface area contributed by atoms with Crippen LogP contribution >= 0.6 is 11.6 Å². The van der Waals surface area contributed by atoms with E-state index < -0.39 is 0 Å². The topological polar surface area (TPSA) is 45.2 Å². The average Bonchev–Trinajstić information content (AvgIpc) is 2.57. The molecule has 1 amide bonds. The van der Waals surface area contributed by atoms with Crippen LogP contribution in [0.4, 0.5) is 11.4 Å². The molecule has 122 valence electrons. The summed E-state index contributed by atoms with van der Waals surface area (Å²) in [6.07, 6.45) is 5.48. The molecule has 0 saturated heterocycles. The van der Waals surface area contributed by atoms with Crippen molar-refractivity contribution in [3.8, 4) is 0 Å². The zero-order chi connectivity index (χ0) is 16.7. The maximum Gasteiger partial charge on any atom is 0.257 e. The largest absolute Gasteiger partial charge is 0.370 e. The molecule has 0 aliphatic rings. The average molecular weight is 332 g/mol. The van der Waals surface area contributed by atoms with Crippen LogP contribution in [0.1, 0.15) is 37.0 Å². The highest BCUT2D eigenvalue weighted by Crippen LogP contribution is 2.22. The standard InChI is InChI=1S/C18H22ClN3O/c1-3-9-22(10-4-2)15-11-14(12-20-13-15)18(23)21-17-8-6-5-7-16(17)19/h5-8,11-13H,3-4,9-10H2,1-2H3,(H,21,23). The van der Waals surface area contributed by atoms with Gasteiger partial charge in [0, 0.05) is 19.3 Å². The minimum atomic E-state index is -0.208. The van der Waals surface area contributed by atoms with Crippen molar-refractivity contribution in [2.24, 2.45) is 0 Å². The fourth-order valence-corrected chi connectivity index (χ4v) is 2.57. The van der Waals surface area contributed by atoms with Gasteiger partial charge in [-0.1, -0.05) is 37.6 Å². The van der Waals surface area contributed by atoms with Crippen molar-refractivity contribution in [3.63, 3.8) is 0 Å². The second-order valence-electron chi connectivity index (χ2n) is 5.35. The number of nitrogens with zero attached hydrogens (tertiary/aromatic N) is 2. The van der Waals surface area contributed by atoms with Crippen LogP contribution in [0.5, 0.6) is 0 Å². The number of amides is 1. The van der Waals surface area contributed by atoms with E-state index in [4.69, 9.17) is 11.6 Å². The molecule has 0 fully saturated rings. The third kappa shape index (κ3) is 4.70. The lowest BCUT2D eigenvalue weighted by Crippen LogP contribution is -2.25. The Morgan fingerprint density at radius 1 is 1.17 bits per heavy atom. The van der Waals surface area contributed by atoms with Crippen molar-refractivity contribution in [1.82, 2.24) is 4.98 Å². The number of rotatable bonds is 7. The number of nitrogens with one attached hydrogen (secondary N) is 1. The van der Waals surface area contributed by atoms with E-state index >= 15 is 0 Å². The van der Waals surface area contributed by atoms with E-state index in [1.807, 2.05) is 18.2 Å². The van der Waals surface area contributed by atoms with Gasteiger partial charge in [0.15, 0.2) is 0 Å². The molecule has 0 atom stereocenters.